The Hall–Kier alpha value is -7.02. The lowest BCUT2D eigenvalue weighted by molar-refractivity contribution is 0.621. The molecule has 0 spiro atoms. The van der Waals surface area contributed by atoms with Crippen LogP contribution in [0.4, 0.5) is 0 Å². The van der Waals surface area contributed by atoms with Gasteiger partial charge in [-0.1, -0.05) is 133 Å². The Bertz CT molecular complexity index is 3220. The highest BCUT2D eigenvalue weighted by atomic mass is 32.1. The summed E-state index contributed by atoms with van der Waals surface area (Å²) in [6.07, 6.45) is 0. The molecule has 3 aromatic heterocycles. The molecule has 0 radical (unpaired) electrons. The van der Waals surface area contributed by atoms with Crippen LogP contribution in [-0.2, 0) is 0 Å². The van der Waals surface area contributed by atoms with Crippen LogP contribution in [0, 0.1) is 0 Å². The van der Waals surface area contributed by atoms with Crippen molar-refractivity contribution in [3.8, 4) is 56.7 Å². The van der Waals surface area contributed by atoms with E-state index in [1.807, 2.05) is 36.4 Å². The van der Waals surface area contributed by atoms with Crippen molar-refractivity contribution in [1.29, 1.82) is 0 Å². The van der Waals surface area contributed by atoms with E-state index in [1.54, 1.807) is 11.3 Å². The number of oxazole rings is 1. The number of rotatable bonds is 5. The molecule has 0 N–H and O–H groups in total. The Kier molecular flexibility index (Phi) is 6.97. The molecule has 0 amide bonds. The second-order valence-corrected chi connectivity index (χ2v) is 14.6. The molecule has 0 fully saturated rings. The zero-order valence-corrected chi connectivity index (χ0v) is 29.6. The van der Waals surface area contributed by atoms with Crippen molar-refractivity contribution in [2.45, 2.75) is 0 Å². The van der Waals surface area contributed by atoms with Gasteiger partial charge in [-0.3, -0.25) is 0 Å². The highest BCUT2D eigenvalue weighted by Crippen LogP contribution is 2.45. The van der Waals surface area contributed by atoms with Gasteiger partial charge in [-0.15, -0.1) is 11.3 Å². The monoisotopic (exact) mass is 708 g/mol. The van der Waals surface area contributed by atoms with Crippen LogP contribution in [-0.4, -0.2) is 19.9 Å². The van der Waals surface area contributed by atoms with Crippen LogP contribution in [0.3, 0.4) is 0 Å². The minimum Gasteiger partial charge on any atom is -0.435 e. The topological polar surface area (TPSA) is 64.7 Å². The predicted octanol–water partition coefficient (Wildman–Crippen LogP) is 13.0. The number of hydrogen-bond acceptors (Lipinski definition) is 6. The van der Waals surface area contributed by atoms with Gasteiger partial charge >= 0.3 is 0 Å². The lowest BCUT2D eigenvalue weighted by Gasteiger charge is -2.11. The van der Waals surface area contributed by atoms with Gasteiger partial charge < -0.3 is 4.42 Å². The molecule has 0 bridgehead atoms. The zero-order valence-electron chi connectivity index (χ0n) is 28.8. The Balaban J connectivity index is 1.15. The van der Waals surface area contributed by atoms with Crippen LogP contribution in [0.5, 0.6) is 0 Å². The molecule has 0 unspecified atom stereocenters. The fraction of sp³-hybridized carbons (Fsp3) is 0. The molecule has 5 nitrogen and oxygen atoms in total. The molecule has 0 aliphatic heterocycles. The SMILES string of the molecule is c1ccc(-c2ccc3cc(-c4nc(-c5ccccc5)nc(-c5c6oc(-c7ccc8ccccc8c7)nc6cc6sc7ccccc7c56)n4)ccc3c2)cc1. The van der Waals surface area contributed by atoms with Gasteiger partial charge in [-0.25, -0.2) is 19.9 Å². The van der Waals surface area contributed by atoms with Gasteiger partial charge in [0.2, 0.25) is 5.89 Å². The van der Waals surface area contributed by atoms with Crippen molar-refractivity contribution in [2.75, 3.05) is 0 Å². The first-order valence-electron chi connectivity index (χ1n) is 17.9. The first kappa shape index (κ1) is 30.6. The van der Waals surface area contributed by atoms with Crippen molar-refractivity contribution in [2.24, 2.45) is 0 Å². The van der Waals surface area contributed by atoms with Gasteiger partial charge in [-0.05, 0) is 69.1 Å². The normalized spacial score (nSPS) is 11.7. The molecule has 3 heterocycles. The number of hydrogen-bond donors (Lipinski definition) is 0. The van der Waals surface area contributed by atoms with Crippen LogP contribution in [0.25, 0.3) is 110 Å². The third-order valence-electron chi connectivity index (χ3n) is 10.1. The largest absolute Gasteiger partial charge is 0.435 e. The standard InChI is InChI=1S/C48H28N4OS/c1-3-11-29(12-4-1)33-20-21-35-26-36(23-22-34(35)25-33)46-50-45(31-14-5-2-6-15-31)51-47(52-46)43-42-38-17-9-10-18-40(38)54-41(42)28-39-44(43)53-48(49-39)37-24-19-30-13-7-8-16-32(30)27-37/h1-28H. The van der Waals surface area contributed by atoms with E-state index in [2.05, 4.69) is 133 Å². The smallest absolute Gasteiger partial charge is 0.227 e. The average Bonchev–Trinajstić information content (AvgIpc) is 3.84. The summed E-state index contributed by atoms with van der Waals surface area (Å²) in [5.74, 6) is 2.28. The summed E-state index contributed by atoms with van der Waals surface area (Å²) in [6.45, 7) is 0. The molecule has 0 saturated heterocycles. The number of thiophene rings is 1. The van der Waals surface area contributed by atoms with E-state index < -0.39 is 0 Å². The van der Waals surface area contributed by atoms with Gasteiger partial charge in [0.25, 0.3) is 0 Å². The molecule has 11 aromatic rings. The van der Waals surface area contributed by atoms with Crippen molar-refractivity contribution in [1.82, 2.24) is 19.9 Å². The van der Waals surface area contributed by atoms with Crippen LogP contribution in [0.15, 0.2) is 174 Å². The molecule has 0 aliphatic rings. The van der Waals surface area contributed by atoms with Crippen LogP contribution in [0.1, 0.15) is 0 Å². The van der Waals surface area contributed by atoms with Gasteiger partial charge in [0, 0.05) is 36.9 Å². The van der Waals surface area contributed by atoms with Crippen LogP contribution in [0.2, 0.25) is 0 Å². The predicted molar refractivity (Wildman–Crippen MR) is 222 cm³/mol. The third-order valence-corrected chi connectivity index (χ3v) is 11.2. The maximum Gasteiger partial charge on any atom is 0.227 e. The second kappa shape index (κ2) is 12.3. The summed E-state index contributed by atoms with van der Waals surface area (Å²) < 4.78 is 9.08. The van der Waals surface area contributed by atoms with E-state index >= 15 is 0 Å². The third kappa shape index (κ3) is 5.15. The van der Waals surface area contributed by atoms with E-state index in [0.29, 0.717) is 28.9 Å². The van der Waals surface area contributed by atoms with Crippen molar-refractivity contribution >= 4 is 64.2 Å². The zero-order chi connectivity index (χ0) is 35.6. The molecule has 6 heteroatoms. The number of benzene rings is 8. The molecule has 11 rings (SSSR count). The minimum atomic E-state index is 0.541. The van der Waals surface area contributed by atoms with Gasteiger partial charge in [-0.2, -0.15) is 0 Å². The van der Waals surface area contributed by atoms with E-state index in [4.69, 9.17) is 24.4 Å². The Labute approximate surface area is 313 Å². The van der Waals surface area contributed by atoms with Crippen molar-refractivity contribution in [3.05, 3.63) is 170 Å². The number of nitrogens with zero attached hydrogens (tertiary/aromatic N) is 4. The Morgan fingerprint density at radius 1 is 0.389 bits per heavy atom. The summed E-state index contributed by atoms with van der Waals surface area (Å²) in [5.41, 5.74) is 7.32. The second-order valence-electron chi connectivity index (χ2n) is 13.5. The number of aromatic nitrogens is 4. The summed E-state index contributed by atoms with van der Waals surface area (Å²) in [4.78, 5) is 20.7. The van der Waals surface area contributed by atoms with E-state index in [0.717, 1.165) is 59.4 Å². The molecular formula is C48H28N4OS. The lowest BCUT2D eigenvalue weighted by atomic mass is 10.00. The fourth-order valence-corrected chi connectivity index (χ4v) is 8.61. The maximum atomic E-state index is 6.80. The van der Waals surface area contributed by atoms with Gasteiger partial charge in [0.05, 0.1) is 5.56 Å². The lowest BCUT2D eigenvalue weighted by Crippen LogP contribution is -2.00. The first-order chi connectivity index (χ1) is 26.7. The summed E-state index contributed by atoms with van der Waals surface area (Å²) >= 11 is 1.74. The first-order valence-corrected chi connectivity index (χ1v) is 18.7. The molecule has 0 saturated carbocycles. The highest BCUT2D eigenvalue weighted by Gasteiger charge is 2.24. The maximum absolute atomic E-state index is 6.80. The van der Waals surface area contributed by atoms with Crippen LogP contribution < -0.4 is 0 Å². The summed E-state index contributed by atoms with van der Waals surface area (Å²) in [5, 5.41) is 6.73. The molecule has 54 heavy (non-hydrogen) atoms. The summed E-state index contributed by atoms with van der Waals surface area (Å²) in [6, 6.07) is 58.8. The van der Waals surface area contributed by atoms with Crippen molar-refractivity contribution in [3.63, 3.8) is 0 Å². The molecule has 0 aliphatic carbocycles. The Morgan fingerprint density at radius 2 is 0.963 bits per heavy atom. The van der Waals surface area contributed by atoms with Crippen LogP contribution >= 0.6 is 11.3 Å². The fourth-order valence-electron chi connectivity index (χ4n) is 7.46. The quantitative estimate of drug-likeness (QED) is 0.178. The number of fused-ring (bicyclic) bond motifs is 6. The van der Waals surface area contributed by atoms with E-state index in [-0.39, 0.29) is 0 Å². The molecule has 8 aromatic carbocycles. The average molecular weight is 709 g/mol. The van der Waals surface area contributed by atoms with E-state index in [9.17, 15) is 0 Å². The summed E-state index contributed by atoms with van der Waals surface area (Å²) in [7, 11) is 0. The van der Waals surface area contributed by atoms with Gasteiger partial charge in [0.15, 0.2) is 23.1 Å². The minimum absolute atomic E-state index is 0.541. The molecular weight excluding hydrogens is 681 g/mol. The Morgan fingerprint density at radius 3 is 1.78 bits per heavy atom. The van der Waals surface area contributed by atoms with Gasteiger partial charge in [0.1, 0.15) is 5.52 Å². The highest BCUT2D eigenvalue weighted by molar-refractivity contribution is 7.26. The molecule has 252 valence electrons. The van der Waals surface area contributed by atoms with Crippen molar-refractivity contribution < 1.29 is 4.42 Å². The molecule has 0 atom stereocenters. The van der Waals surface area contributed by atoms with E-state index in [1.165, 1.54) is 21.2 Å².